The van der Waals surface area contributed by atoms with Gasteiger partial charge in [0.1, 0.15) is 5.41 Å². The van der Waals surface area contributed by atoms with Crippen molar-refractivity contribution in [3.05, 3.63) is 47.8 Å². The van der Waals surface area contributed by atoms with Crippen molar-refractivity contribution in [2.75, 3.05) is 26.8 Å². The van der Waals surface area contributed by atoms with E-state index in [0.717, 1.165) is 5.69 Å². The van der Waals surface area contributed by atoms with Crippen LogP contribution in [0.15, 0.2) is 36.5 Å². The van der Waals surface area contributed by atoms with Gasteiger partial charge in [0, 0.05) is 26.4 Å². The number of carbonyl (C=O) groups excluding carboxylic acids is 1. The Labute approximate surface area is 145 Å². The third kappa shape index (κ3) is 3.15. The first-order valence-electron chi connectivity index (χ1n) is 8.10. The Hall–Kier alpha value is -2.67. The van der Waals surface area contributed by atoms with Gasteiger partial charge in [-0.05, 0) is 25.5 Å². The zero-order valence-corrected chi connectivity index (χ0v) is 14.3. The number of rotatable bonds is 5. The van der Waals surface area contributed by atoms with Crippen LogP contribution in [0, 0.1) is 12.3 Å². The van der Waals surface area contributed by atoms with E-state index in [1.54, 1.807) is 22.7 Å². The maximum atomic E-state index is 12.9. The van der Waals surface area contributed by atoms with Crippen LogP contribution < -0.4 is 0 Å². The normalized spacial score (nSPS) is 20.0. The highest BCUT2D eigenvalue weighted by Crippen LogP contribution is 2.32. The quantitative estimate of drug-likeness (QED) is 0.894. The molecule has 0 bridgehead atoms. The number of aromatic nitrogens is 2. The minimum absolute atomic E-state index is 0.0916. The fourth-order valence-electron chi connectivity index (χ4n) is 3.23. The number of carboxylic acid groups (broad SMARTS) is 1. The molecule has 25 heavy (non-hydrogen) atoms. The predicted molar refractivity (Wildman–Crippen MR) is 90.8 cm³/mol. The average molecular weight is 343 g/mol. The van der Waals surface area contributed by atoms with E-state index in [2.05, 4.69) is 5.10 Å². The van der Waals surface area contributed by atoms with Gasteiger partial charge in [-0.1, -0.05) is 18.2 Å². The van der Waals surface area contributed by atoms with E-state index in [0.29, 0.717) is 24.2 Å². The highest BCUT2D eigenvalue weighted by molar-refractivity contribution is 5.96. The lowest BCUT2D eigenvalue weighted by atomic mass is 9.88. The Morgan fingerprint density at radius 1 is 1.32 bits per heavy atom. The summed E-state index contributed by atoms with van der Waals surface area (Å²) in [5.41, 5.74) is 0.939. The van der Waals surface area contributed by atoms with Gasteiger partial charge in [-0.25, -0.2) is 4.68 Å². The number of hydrogen-bond donors (Lipinski definition) is 1. The average Bonchev–Trinajstić information content (AvgIpc) is 3.20. The SMILES string of the molecule is COCC1(C(=O)O)CCN(C(=O)c2cn(-c3ccccc3)nc2C)C1. The second-order valence-electron chi connectivity index (χ2n) is 6.40. The van der Waals surface area contributed by atoms with E-state index in [-0.39, 0.29) is 19.1 Å². The second-order valence-corrected chi connectivity index (χ2v) is 6.40. The van der Waals surface area contributed by atoms with E-state index in [1.807, 2.05) is 30.3 Å². The molecular weight excluding hydrogens is 322 g/mol. The van der Waals surface area contributed by atoms with Crippen LogP contribution in [0.2, 0.25) is 0 Å². The molecule has 7 heteroatoms. The molecule has 1 aromatic carbocycles. The first kappa shape index (κ1) is 17.2. The summed E-state index contributed by atoms with van der Waals surface area (Å²) >= 11 is 0. The highest BCUT2D eigenvalue weighted by atomic mass is 16.5. The number of nitrogens with zero attached hydrogens (tertiary/aromatic N) is 3. The van der Waals surface area contributed by atoms with Crippen LogP contribution >= 0.6 is 0 Å². The topological polar surface area (TPSA) is 84.7 Å². The fraction of sp³-hybridized carbons (Fsp3) is 0.389. The first-order valence-corrected chi connectivity index (χ1v) is 8.10. The predicted octanol–water partition coefficient (Wildman–Crippen LogP) is 1.74. The molecular formula is C18H21N3O4. The van der Waals surface area contributed by atoms with Crippen molar-refractivity contribution in [3.8, 4) is 5.69 Å². The molecule has 1 saturated heterocycles. The van der Waals surface area contributed by atoms with E-state index in [4.69, 9.17) is 4.74 Å². The Morgan fingerprint density at radius 2 is 2.04 bits per heavy atom. The minimum Gasteiger partial charge on any atom is -0.481 e. The van der Waals surface area contributed by atoms with Crippen molar-refractivity contribution in [1.29, 1.82) is 0 Å². The largest absolute Gasteiger partial charge is 0.481 e. The summed E-state index contributed by atoms with van der Waals surface area (Å²) in [5.74, 6) is -1.12. The number of amides is 1. The zero-order chi connectivity index (χ0) is 18.0. The number of carbonyl (C=O) groups is 2. The summed E-state index contributed by atoms with van der Waals surface area (Å²) in [6, 6.07) is 9.53. The van der Waals surface area contributed by atoms with Gasteiger partial charge < -0.3 is 14.7 Å². The lowest BCUT2D eigenvalue weighted by molar-refractivity contribution is -0.151. The molecule has 1 aromatic heterocycles. The third-order valence-electron chi connectivity index (χ3n) is 4.67. The van der Waals surface area contributed by atoms with Crippen molar-refractivity contribution >= 4 is 11.9 Å². The Kier molecular flexibility index (Phi) is 4.59. The molecule has 132 valence electrons. The van der Waals surface area contributed by atoms with Gasteiger partial charge in [-0.2, -0.15) is 5.10 Å². The molecule has 1 N–H and O–H groups in total. The molecule has 1 unspecified atom stereocenters. The monoisotopic (exact) mass is 343 g/mol. The summed E-state index contributed by atoms with van der Waals surface area (Å²) < 4.78 is 6.74. The van der Waals surface area contributed by atoms with Gasteiger partial charge >= 0.3 is 5.97 Å². The van der Waals surface area contributed by atoms with Crippen LogP contribution in [0.1, 0.15) is 22.5 Å². The van der Waals surface area contributed by atoms with Crippen LogP contribution in [-0.4, -0.2) is 58.5 Å². The van der Waals surface area contributed by atoms with Gasteiger partial charge in [0.15, 0.2) is 0 Å². The van der Waals surface area contributed by atoms with Crippen molar-refractivity contribution in [2.45, 2.75) is 13.3 Å². The van der Waals surface area contributed by atoms with E-state index < -0.39 is 11.4 Å². The molecule has 1 aliphatic heterocycles. The lowest BCUT2D eigenvalue weighted by Crippen LogP contribution is -2.40. The van der Waals surface area contributed by atoms with Crippen LogP contribution in [0.25, 0.3) is 5.69 Å². The van der Waals surface area contributed by atoms with Gasteiger partial charge in [0.2, 0.25) is 0 Å². The molecule has 0 saturated carbocycles. The lowest BCUT2D eigenvalue weighted by Gasteiger charge is -2.23. The molecule has 1 aliphatic rings. The molecule has 2 aromatic rings. The molecule has 0 aliphatic carbocycles. The van der Waals surface area contributed by atoms with Crippen LogP contribution in [0.3, 0.4) is 0 Å². The summed E-state index contributed by atoms with van der Waals surface area (Å²) in [4.78, 5) is 26.1. The standard InChI is InChI=1S/C18H21N3O4/c1-13-15(10-21(19-13)14-6-4-3-5-7-14)16(22)20-9-8-18(11-20,12-25-2)17(23)24/h3-7,10H,8-9,11-12H2,1-2H3,(H,23,24). The number of benzene rings is 1. The van der Waals surface area contributed by atoms with Crippen molar-refractivity contribution in [2.24, 2.45) is 5.41 Å². The number of aryl methyl sites for hydroxylation is 1. The number of ether oxygens (including phenoxy) is 1. The summed E-state index contributed by atoms with van der Waals surface area (Å²) in [5, 5.41) is 13.9. The van der Waals surface area contributed by atoms with Gasteiger partial charge in [0.25, 0.3) is 5.91 Å². The fourth-order valence-corrected chi connectivity index (χ4v) is 3.23. The van der Waals surface area contributed by atoms with Gasteiger partial charge in [-0.15, -0.1) is 0 Å². The zero-order valence-electron chi connectivity index (χ0n) is 14.3. The maximum Gasteiger partial charge on any atom is 0.313 e. The molecule has 1 amide bonds. The van der Waals surface area contributed by atoms with Crippen LogP contribution in [-0.2, 0) is 9.53 Å². The molecule has 3 rings (SSSR count). The van der Waals surface area contributed by atoms with Crippen molar-refractivity contribution < 1.29 is 19.4 Å². The summed E-state index contributed by atoms with van der Waals surface area (Å²) in [6.45, 7) is 2.41. The number of hydrogen-bond acceptors (Lipinski definition) is 4. The third-order valence-corrected chi connectivity index (χ3v) is 4.67. The molecule has 1 fully saturated rings. The first-order chi connectivity index (χ1) is 12.0. The summed E-state index contributed by atoms with van der Waals surface area (Å²) in [7, 11) is 1.48. The van der Waals surface area contributed by atoms with Gasteiger partial charge in [0.05, 0.1) is 23.6 Å². The maximum absolute atomic E-state index is 12.9. The smallest absolute Gasteiger partial charge is 0.313 e. The molecule has 0 spiro atoms. The number of para-hydroxylation sites is 1. The van der Waals surface area contributed by atoms with Gasteiger partial charge in [-0.3, -0.25) is 9.59 Å². The molecule has 2 heterocycles. The summed E-state index contributed by atoms with van der Waals surface area (Å²) in [6.07, 6.45) is 2.08. The Balaban J connectivity index is 1.83. The van der Waals surface area contributed by atoms with Crippen molar-refractivity contribution in [1.82, 2.24) is 14.7 Å². The second kappa shape index (κ2) is 6.68. The molecule has 1 atom stereocenters. The number of carboxylic acids is 1. The van der Waals surface area contributed by atoms with Crippen molar-refractivity contribution in [3.63, 3.8) is 0 Å². The Morgan fingerprint density at radius 3 is 2.68 bits per heavy atom. The van der Waals surface area contributed by atoms with Crippen LogP contribution in [0.5, 0.6) is 0 Å². The Bertz CT molecular complexity index is 787. The van der Waals surface area contributed by atoms with Crippen LogP contribution in [0.4, 0.5) is 0 Å². The number of methoxy groups -OCH3 is 1. The number of aliphatic carboxylic acids is 1. The van der Waals surface area contributed by atoms with E-state index in [1.165, 1.54) is 7.11 Å². The number of likely N-dealkylation sites (tertiary alicyclic amines) is 1. The van der Waals surface area contributed by atoms with E-state index in [9.17, 15) is 14.7 Å². The minimum atomic E-state index is -1.03. The highest BCUT2D eigenvalue weighted by Gasteiger charge is 2.46. The molecule has 7 nitrogen and oxygen atoms in total. The van der Waals surface area contributed by atoms with E-state index >= 15 is 0 Å². The molecule has 0 radical (unpaired) electrons.